The van der Waals surface area contributed by atoms with Gasteiger partial charge in [-0.2, -0.15) is 0 Å². The van der Waals surface area contributed by atoms with Gasteiger partial charge in [0, 0.05) is 13.1 Å². The van der Waals surface area contributed by atoms with Gasteiger partial charge < -0.3 is 14.3 Å². The Morgan fingerprint density at radius 3 is 2.96 bits per heavy atom. The molecule has 1 N–H and O–H groups in total. The predicted molar refractivity (Wildman–Crippen MR) is 88.3 cm³/mol. The number of likely N-dealkylation sites (tertiary alicyclic amines) is 1. The molecule has 1 aliphatic heterocycles. The average molecular weight is 334 g/mol. The largest absolute Gasteiger partial charge is 0.497 e. The van der Waals surface area contributed by atoms with Crippen molar-refractivity contribution in [2.45, 2.75) is 38.8 Å². The maximum atomic E-state index is 14.1. The number of aliphatic hydroxyl groups is 1. The maximum Gasteiger partial charge on any atom is 0.229 e. The molecule has 2 aromatic rings. The number of oxazole rings is 1. The number of benzene rings is 1. The summed E-state index contributed by atoms with van der Waals surface area (Å²) < 4.78 is 24.9. The van der Waals surface area contributed by atoms with E-state index in [0.717, 1.165) is 25.1 Å². The highest BCUT2D eigenvalue weighted by Gasteiger charge is 2.29. The van der Waals surface area contributed by atoms with E-state index in [-0.39, 0.29) is 11.5 Å². The molecule has 5 nitrogen and oxygen atoms in total. The molecule has 3 rings (SSSR count). The highest BCUT2D eigenvalue weighted by atomic mass is 19.1. The van der Waals surface area contributed by atoms with Crippen molar-refractivity contribution in [3.05, 3.63) is 35.5 Å². The molecular formula is C18H23FN2O3. The second-order valence-corrected chi connectivity index (χ2v) is 6.68. The standard InChI is InChI=1S/C18H23FN2O3/c1-12-16(10-21-8-4-7-18(2,22)11-21)20-17(24-12)14-9-13(23-3)5-6-15(14)19/h5-6,9,22H,4,7-8,10-11H2,1-3H3/t18-/m1/s1. The maximum absolute atomic E-state index is 14.1. The Bertz CT molecular complexity index is 727. The van der Waals surface area contributed by atoms with Crippen molar-refractivity contribution in [3.8, 4) is 17.2 Å². The Hall–Kier alpha value is -1.92. The summed E-state index contributed by atoms with van der Waals surface area (Å²) in [6.07, 6.45) is 1.75. The zero-order valence-corrected chi connectivity index (χ0v) is 14.3. The first kappa shape index (κ1) is 16.9. The molecule has 0 unspecified atom stereocenters. The number of methoxy groups -OCH3 is 1. The minimum Gasteiger partial charge on any atom is -0.497 e. The van der Waals surface area contributed by atoms with Gasteiger partial charge in [-0.1, -0.05) is 0 Å². The van der Waals surface area contributed by atoms with Gasteiger partial charge in [-0.3, -0.25) is 4.90 Å². The van der Waals surface area contributed by atoms with Crippen LogP contribution in [0.3, 0.4) is 0 Å². The predicted octanol–water partition coefficient (Wildman–Crippen LogP) is 3.14. The van der Waals surface area contributed by atoms with E-state index in [1.807, 2.05) is 13.8 Å². The van der Waals surface area contributed by atoms with E-state index < -0.39 is 11.4 Å². The van der Waals surface area contributed by atoms with E-state index in [0.29, 0.717) is 24.6 Å². The summed E-state index contributed by atoms with van der Waals surface area (Å²) >= 11 is 0. The van der Waals surface area contributed by atoms with E-state index >= 15 is 0 Å². The highest BCUT2D eigenvalue weighted by molar-refractivity contribution is 5.57. The number of ether oxygens (including phenoxy) is 1. The molecule has 0 spiro atoms. The van der Waals surface area contributed by atoms with Crippen molar-refractivity contribution in [2.75, 3.05) is 20.2 Å². The summed E-state index contributed by atoms with van der Waals surface area (Å²) in [4.78, 5) is 6.63. The summed E-state index contributed by atoms with van der Waals surface area (Å²) in [5, 5.41) is 10.2. The van der Waals surface area contributed by atoms with Gasteiger partial charge in [-0.25, -0.2) is 9.37 Å². The van der Waals surface area contributed by atoms with Crippen LogP contribution in [0, 0.1) is 12.7 Å². The van der Waals surface area contributed by atoms with Crippen LogP contribution in [0.5, 0.6) is 5.75 Å². The number of halogens is 1. The van der Waals surface area contributed by atoms with Crippen molar-refractivity contribution in [2.24, 2.45) is 0 Å². The van der Waals surface area contributed by atoms with E-state index in [1.165, 1.54) is 13.2 Å². The Morgan fingerprint density at radius 1 is 1.46 bits per heavy atom. The summed E-state index contributed by atoms with van der Waals surface area (Å²) in [6.45, 7) is 5.77. The van der Waals surface area contributed by atoms with Crippen LogP contribution >= 0.6 is 0 Å². The van der Waals surface area contributed by atoms with Gasteiger partial charge in [0.15, 0.2) is 0 Å². The average Bonchev–Trinajstić information content (AvgIpc) is 2.87. The molecule has 6 heteroatoms. The quantitative estimate of drug-likeness (QED) is 0.931. The Balaban J connectivity index is 1.83. The van der Waals surface area contributed by atoms with Crippen molar-refractivity contribution >= 4 is 0 Å². The van der Waals surface area contributed by atoms with E-state index in [9.17, 15) is 9.50 Å². The molecule has 1 aromatic carbocycles. The minimum absolute atomic E-state index is 0.252. The van der Waals surface area contributed by atoms with Gasteiger partial charge in [-0.05, 0) is 51.4 Å². The summed E-state index contributed by atoms with van der Waals surface area (Å²) in [7, 11) is 1.53. The van der Waals surface area contributed by atoms with Gasteiger partial charge in [0.05, 0.1) is 24.0 Å². The van der Waals surface area contributed by atoms with Crippen LogP contribution in [-0.2, 0) is 6.54 Å². The number of rotatable bonds is 4. The molecule has 0 aliphatic carbocycles. The van der Waals surface area contributed by atoms with Crippen LogP contribution in [0.4, 0.5) is 4.39 Å². The van der Waals surface area contributed by atoms with Crippen molar-refractivity contribution in [3.63, 3.8) is 0 Å². The Morgan fingerprint density at radius 2 is 2.25 bits per heavy atom. The van der Waals surface area contributed by atoms with Gasteiger partial charge >= 0.3 is 0 Å². The van der Waals surface area contributed by atoms with Gasteiger partial charge in [0.25, 0.3) is 0 Å². The van der Waals surface area contributed by atoms with Crippen LogP contribution in [0.2, 0.25) is 0 Å². The molecule has 1 saturated heterocycles. The van der Waals surface area contributed by atoms with Gasteiger partial charge in [0.2, 0.25) is 5.89 Å². The third-order valence-electron chi connectivity index (χ3n) is 4.42. The number of aromatic nitrogens is 1. The molecule has 24 heavy (non-hydrogen) atoms. The first-order valence-corrected chi connectivity index (χ1v) is 8.13. The SMILES string of the molecule is COc1ccc(F)c(-c2nc(CN3CCC[C@@](C)(O)C3)c(C)o2)c1. The molecule has 2 heterocycles. The molecule has 0 radical (unpaired) electrons. The van der Waals surface area contributed by atoms with Crippen LogP contribution in [0.15, 0.2) is 22.6 Å². The van der Waals surface area contributed by atoms with Crippen LogP contribution in [-0.4, -0.2) is 40.8 Å². The van der Waals surface area contributed by atoms with Crippen molar-refractivity contribution in [1.29, 1.82) is 0 Å². The number of hydrogen-bond acceptors (Lipinski definition) is 5. The fourth-order valence-electron chi connectivity index (χ4n) is 3.16. The fraction of sp³-hybridized carbons (Fsp3) is 0.500. The summed E-state index contributed by atoms with van der Waals surface area (Å²) in [5.41, 5.74) is 0.386. The zero-order chi connectivity index (χ0) is 17.3. The number of hydrogen-bond donors (Lipinski definition) is 1. The number of aryl methyl sites for hydroxylation is 1. The molecule has 1 aliphatic rings. The number of piperidine rings is 1. The number of β-amino-alcohol motifs (C(OH)–C–C–N with tert-alkyl or cyclic N) is 1. The summed E-state index contributed by atoms with van der Waals surface area (Å²) in [5.74, 6) is 1.07. The zero-order valence-electron chi connectivity index (χ0n) is 14.3. The van der Waals surface area contributed by atoms with Gasteiger partial charge in [0.1, 0.15) is 17.3 Å². The molecule has 0 saturated carbocycles. The molecule has 1 atom stereocenters. The lowest BCUT2D eigenvalue weighted by Crippen LogP contribution is -2.45. The molecule has 1 aromatic heterocycles. The first-order valence-electron chi connectivity index (χ1n) is 8.13. The van der Waals surface area contributed by atoms with Crippen molar-refractivity contribution < 1.29 is 18.7 Å². The lowest BCUT2D eigenvalue weighted by Gasteiger charge is -2.36. The monoisotopic (exact) mass is 334 g/mol. The lowest BCUT2D eigenvalue weighted by molar-refractivity contribution is -0.0185. The van der Waals surface area contributed by atoms with E-state index in [2.05, 4.69) is 9.88 Å². The minimum atomic E-state index is -0.669. The summed E-state index contributed by atoms with van der Waals surface area (Å²) in [6, 6.07) is 4.48. The Labute approximate surface area is 141 Å². The van der Waals surface area contributed by atoms with Crippen LogP contribution in [0.1, 0.15) is 31.2 Å². The molecule has 130 valence electrons. The molecule has 0 bridgehead atoms. The first-order chi connectivity index (χ1) is 11.4. The number of nitrogens with zero attached hydrogens (tertiary/aromatic N) is 2. The second kappa shape index (κ2) is 6.53. The van der Waals surface area contributed by atoms with Gasteiger partial charge in [-0.15, -0.1) is 0 Å². The Kier molecular flexibility index (Phi) is 4.60. The molecule has 1 fully saturated rings. The lowest BCUT2D eigenvalue weighted by atomic mass is 9.95. The van der Waals surface area contributed by atoms with Crippen LogP contribution in [0.25, 0.3) is 11.5 Å². The van der Waals surface area contributed by atoms with Crippen molar-refractivity contribution in [1.82, 2.24) is 9.88 Å². The highest BCUT2D eigenvalue weighted by Crippen LogP contribution is 2.29. The third-order valence-corrected chi connectivity index (χ3v) is 4.42. The molecule has 0 amide bonds. The smallest absolute Gasteiger partial charge is 0.229 e. The fourth-order valence-corrected chi connectivity index (χ4v) is 3.16. The molecular weight excluding hydrogens is 311 g/mol. The second-order valence-electron chi connectivity index (χ2n) is 6.68. The topological polar surface area (TPSA) is 58.7 Å². The van der Waals surface area contributed by atoms with E-state index in [4.69, 9.17) is 9.15 Å². The van der Waals surface area contributed by atoms with Crippen LogP contribution < -0.4 is 4.74 Å². The third kappa shape index (κ3) is 3.60. The van der Waals surface area contributed by atoms with E-state index in [1.54, 1.807) is 12.1 Å². The normalized spacial score (nSPS) is 21.9.